The van der Waals surface area contributed by atoms with Crippen LogP contribution in [0, 0.1) is 0 Å². The molecule has 56 valence electrons. The third-order valence-electron chi connectivity index (χ3n) is 0.915. The number of hydrogen-bond donors (Lipinski definition) is 3. The monoisotopic (exact) mass is 144 g/mol. The van der Waals surface area contributed by atoms with Gasteiger partial charge in [0.2, 0.25) is 0 Å². The molecule has 0 aromatic carbocycles. The van der Waals surface area contributed by atoms with Crippen molar-refractivity contribution in [2.24, 2.45) is 5.90 Å². The van der Waals surface area contributed by atoms with E-state index in [0.29, 0.717) is 11.8 Å². The number of hydrogen-bond acceptors (Lipinski definition) is 5. The van der Waals surface area contributed by atoms with Crippen molar-refractivity contribution in [3.63, 3.8) is 0 Å². The number of methoxy groups -OCH3 is 1. The molecule has 0 atom stereocenters. The number of imidazole rings is 1. The SMILES string of the molecule is COc1ncc(NON)[nH]1. The van der Waals surface area contributed by atoms with Crippen LogP contribution in [0.2, 0.25) is 0 Å². The van der Waals surface area contributed by atoms with Crippen molar-refractivity contribution in [2.45, 2.75) is 0 Å². The zero-order valence-corrected chi connectivity index (χ0v) is 5.42. The predicted octanol–water partition coefficient (Wildman–Crippen LogP) is -0.365. The molecule has 0 unspecified atom stereocenters. The minimum atomic E-state index is 0.402. The Morgan fingerprint density at radius 2 is 2.60 bits per heavy atom. The molecule has 0 aliphatic rings. The Kier molecular flexibility index (Phi) is 2.08. The summed E-state index contributed by atoms with van der Waals surface area (Å²) < 4.78 is 4.74. The highest BCUT2D eigenvalue weighted by Gasteiger charge is 1.96. The summed E-state index contributed by atoms with van der Waals surface area (Å²) in [5.41, 5.74) is 2.34. The van der Waals surface area contributed by atoms with Crippen molar-refractivity contribution in [2.75, 3.05) is 12.6 Å². The number of aromatic nitrogens is 2. The first-order chi connectivity index (χ1) is 4.86. The van der Waals surface area contributed by atoms with Crippen LogP contribution in [0.4, 0.5) is 5.82 Å². The topological polar surface area (TPSA) is 85.2 Å². The number of anilines is 1. The van der Waals surface area contributed by atoms with Crippen LogP contribution in [-0.4, -0.2) is 17.1 Å². The Morgan fingerprint density at radius 1 is 1.80 bits per heavy atom. The van der Waals surface area contributed by atoms with Crippen LogP contribution >= 0.6 is 0 Å². The largest absolute Gasteiger partial charge is 0.468 e. The molecule has 0 radical (unpaired) electrons. The van der Waals surface area contributed by atoms with E-state index >= 15 is 0 Å². The normalized spacial score (nSPS) is 9.40. The molecule has 1 rings (SSSR count). The molecule has 0 aliphatic carbocycles. The van der Waals surface area contributed by atoms with Crippen LogP contribution in [0.3, 0.4) is 0 Å². The molecule has 0 spiro atoms. The lowest BCUT2D eigenvalue weighted by molar-refractivity contribution is 0.200. The fourth-order valence-corrected chi connectivity index (χ4v) is 0.522. The first-order valence-corrected chi connectivity index (χ1v) is 2.57. The van der Waals surface area contributed by atoms with Crippen molar-refractivity contribution in [3.05, 3.63) is 6.20 Å². The van der Waals surface area contributed by atoms with Gasteiger partial charge in [-0.05, 0) is 0 Å². The van der Waals surface area contributed by atoms with Crippen LogP contribution in [0.25, 0.3) is 0 Å². The van der Waals surface area contributed by atoms with Crippen molar-refractivity contribution in [1.82, 2.24) is 9.97 Å². The fraction of sp³-hybridized carbons (Fsp3) is 0.250. The number of nitrogens with zero attached hydrogens (tertiary/aromatic N) is 1. The Labute approximate surface area is 57.3 Å². The van der Waals surface area contributed by atoms with Gasteiger partial charge in [0.1, 0.15) is 0 Å². The Hall–Kier alpha value is -1.27. The van der Waals surface area contributed by atoms with Gasteiger partial charge in [-0.1, -0.05) is 0 Å². The molecule has 10 heavy (non-hydrogen) atoms. The molecule has 0 saturated heterocycles. The standard InChI is InChI=1S/C4H8N4O2/c1-9-4-6-2-3(7-4)8-10-5/h2,8H,5H2,1H3,(H,6,7). The van der Waals surface area contributed by atoms with Gasteiger partial charge in [0.15, 0.2) is 5.82 Å². The highest BCUT2D eigenvalue weighted by atomic mass is 16.8. The smallest absolute Gasteiger partial charge is 0.294 e. The molecule has 0 fully saturated rings. The minimum absolute atomic E-state index is 0.402. The number of nitrogens with one attached hydrogen (secondary N) is 2. The lowest BCUT2D eigenvalue weighted by Crippen LogP contribution is -2.06. The van der Waals surface area contributed by atoms with Crippen LogP contribution in [0.15, 0.2) is 6.20 Å². The quantitative estimate of drug-likeness (QED) is 0.504. The van der Waals surface area contributed by atoms with E-state index in [1.807, 2.05) is 0 Å². The maximum Gasteiger partial charge on any atom is 0.294 e. The third kappa shape index (κ3) is 1.36. The first-order valence-electron chi connectivity index (χ1n) is 2.57. The first kappa shape index (κ1) is 6.84. The van der Waals surface area contributed by atoms with E-state index in [2.05, 4.69) is 20.4 Å². The van der Waals surface area contributed by atoms with Gasteiger partial charge in [-0.15, -0.1) is 0 Å². The van der Waals surface area contributed by atoms with E-state index in [0.717, 1.165) is 0 Å². The third-order valence-corrected chi connectivity index (χ3v) is 0.915. The molecule has 1 aromatic rings. The van der Waals surface area contributed by atoms with Gasteiger partial charge in [0.05, 0.1) is 13.3 Å². The number of nitrogens with two attached hydrogens (primary N) is 1. The molecular weight excluding hydrogens is 136 g/mol. The van der Waals surface area contributed by atoms with E-state index in [4.69, 9.17) is 10.6 Å². The van der Waals surface area contributed by atoms with Gasteiger partial charge in [0.25, 0.3) is 6.01 Å². The van der Waals surface area contributed by atoms with Crippen molar-refractivity contribution in [1.29, 1.82) is 0 Å². The second kappa shape index (κ2) is 3.04. The van der Waals surface area contributed by atoms with Gasteiger partial charge in [-0.3, -0.25) is 4.98 Å². The summed E-state index contributed by atoms with van der Waals surface area (Å²) in [6, 6.07) is 0.402. The van der Waals surface area contributed by atoms with Crippen LogP contribution < -0.4 is 16.1 Å². The summed E-state index contributed by atoms with van der Waals surface area (Å²) in [6.07, 6.45) is 1.49. The molecular formula is C4H8N4O2. The van der Waals surface area contributed by atoms with Crippen LogP contribution in [0.5, 0.6) is 6.01 Å². The maximum atomic E-state index is 4.74. The van der Waals surface area contributed by atoms with Gasteiger partial charge in [-0.2, -0.15) is 10.8 Å². The summed E-state index contributed by atoms with van der Waals surface area (Å²) in [6.45, 7) is 0. The number of aromatic amines is 1. The number of rotatable bonds is 3. The molecule has 0 aliphatic heterocycles. The lowest BCUT2D eigenvalue weighted by atomic mass is 10.8. The fourth-order valence-electron chi connectivity index (χ4n) is 0.522. The number of ether oxygens (including phenoxy) is 1. The summed E-state index contributed by atoms with van der Waals surface area (Å²) in [7, 11) is 1.51. The van der Waals surface area contributed by atoms with Gasteiger partial charge in [-0.25, -0.2) is 10.5 Å². The van der Waals surface area contributed by atoms with E-state index < -0.39 is 0 Å². The summed E-state index contributed by atoms with van der Waals surface area (Å²) in [5, 5.41) is 0. The molecule has 0 bridgehead atoms. The Balaban J connectivity index is 2.59. The van der Waals surface area contributed by atoms with Crippen molar-refractivity contribution >= 4 is 5.82 Å². The Bertz CT molecular complexity index is 199. The van der Waals surface area contributed by atoms with E-state index in [9.17, 15) is 0 Å². The maximum absolute atomic E-state index is 4.74. The highest BCUT2D eigenvalue weighted by Crippen LogP contribution is 2.07. The zero-order chi connectivity index (χ0) is 7.40. The van der Waals surface area contributed by atoms with Crippen LogP contribution in [0.1, 0.15) is 0 Å². The van der Waals surface area contributed by atoms with E-state index in [-0.39, 0.29) is 0 Å². The minimum Gasteiger partial charge on any atom is -0.468 e. The average Bonchev–Trinajstić information content (AvgIpc) is 2.37. The Morgan fingerprint density at radius 3 is 3.10 bits per heavy atom. The average molecular weight is 144 g/mol. The van der Waals surface area contributed by atoms with Gasteiger partial charge in [0, 0.05) is 0 Å². The highest BCUT2D eigenvalue weighted by molar-refractivity contribution is 5.30. The second-order valence-electron chi connectivity index (χ2n) is 1.53. The molecule has 4 N–H and O–H groups in total. The molecule has 1 aromatic heterocycles. The molecule has 6 heteroatoms. The molecule has 6 nitrogen and oxygen atoms in total. The summed E-state index contributed by atoms with van der Waals surface area (Å²) in [5.74, 6) is 5.25. The summed E-state index contributed by atoms with van der Waals surface area (Å²) in [4.78, 5) is 10.6. The summed E-state index contributed by atoms with van der Waals surface area (Å²) >= 11 is 0. The number of H-pyrrole nitrogens is 1. The predicted molar refractivity (Wildman–Crippen MR) is 34.0 cm³/mol. The van der Waals surface area contributed by atoms with Gasteiger partial charge < -0.3 is 4.74 Å². The molecule has 1 heterocycles. The second-order valence-corrected chi connectivity index (χ2v) is 1.53. The van der Waals surface area contributed by atoms with Crippen LogP contribution in [-0.2, 0) is 4.94 Å². The van der Waals surface area contributed by atoms with Crippen molar-refractivity contribution in [3.8, 4) is 6.01 Å². The van der Waals surface area contributed by atoms with E-state index in [1.165, 1.54) is 13.3 Å². The lowest BCUT2D eigenvalue weighted by Gasteiger charge is -1.94. The molecule has 0 saturated carbocycles. The molecule has 0 amide bonds. The zero-order valence-electron chi connectivity index (χ0n) is 5.42. The van der Waals surface area contributed by atoms with Crippen molar-refractivity contribution < 1.29 is 9.68 Å². The van der Waals surface area contributed by atoms with Gasteiger partial charge >= 0.3 is 0 Å². The van der Waals surface area contributed by atoms with E-state index in [1.54, 1.807) is 0 Å².